The Morgan fingerprint density at radius 3 is 2.52 bits per heavy atom. The quantitative estimate of drug-likeness (QED) is 0.448. The van der Waals surface area contributed by atoms with Crippen LogP contribution in [0.4, 0.5) is 0 Å². The van der Waals surface area contributed by atoms with E-state index in [1.165, 1.54) is 0 Å². The zero-order valence-corrected chi connectivity index (χ0v) is 16.8. The molecule has 8 heteroatoms. The van der Waals surface area contributed by atoms with E-state index in [0.717, 1.165) is 11.1 Å². The molecule has 0 aromatic heterocycles. The van der Waals surface area contributed by atoms with Gasteiger partial charge in [0.1, 0.15) is 0 Å². The molecule has 2 atom stereocenters. The number of carboxylic acids is 1. The van der Waals surface area contributed by atoms with Gasteiger partial charge in [-0.05, 0) is 36.5 Å². The maximum Gasteiger partial charge on any atom is 1.00 e. The summed E-state index contributed by atoms with van der Waals surface area (Å²) >= 11 is 0. The van der Waals surface area contributed by atoms with E-state index in [4.69, 9.17) is 0 Å². The van der Waals surface area contributed by atoms with Crippen LogP contribution < -0.4 is 40.0 Å². The van der Waals surface area contributed by atoms with Crippen molar-refractivity contribution in [3.8, 4) is 0 Å². The van der Waals surface area contributed by atoms with E-state index < -0.39 is 27.6 Å². The van der Waals surface area contributed by atoms with Gasteiger partial charge in [-0.15, -0.1) is 0 Å². The Kier molecular flexibility index (Phi) is 6.48. The molecule has 1 heterocycles. The largest absolute Gasteiger partial charge is 1.00 e. The van der Waals surface area contributed by atoms with Gasteiger partial charge in [0.05, 0.1) is 10.6 Å². The van der Waals surface area contributed by atoms with Crippen LogP contribution in [-0.2, 0) is 32.4 Å². The monoisotopic (exact) mass is 371 g/mol. The number of rotatable bonds is 4. The molecule has 0 unspecified atom stereocenters. The van der Waals surface area contributed by atoms with Gasteiger partial charge in [0.2, 0.25) is 5.91 Å². The van der Waals surface area contributed by atoms with Gasteiger partial charge in [0.15, 0.2) is 9.84 Å². The van der Waals surface area contributed by atoms with Crippen LogP contribution in [0.25, 0.3) is 0 Å². The van der Waals surface area contributed by atoms with E-state index >= 15 is 0 Å². The third-order valence-corrected chi connectivity index (χ3v) is 6.45. The maximum atomic E-state index is 12.3. The van der Waals surface area contributed by atoms with Crippen LogP contribution in [0.1, 0.15) is 24.0 Å². The van der Waals surface area contributed by atoms with Crippen LogP contribution in [0.2, 0.25) is 0 Å². The molecule has 1 aliphatic carbocycles. The average molecular weight is 371 g/mol. The Hall–Kier alpha value is -1.15. The van der Waals surface area contributed by atoms with Gasteiger partial charge < -0.3 is 15.2 Å². The molecule has 0 spiro atoms. The molecule has 1 aromatic carbocycles. The van der Waals surface area contributed by atoms with Crippen LogP contribution in [0.15, 0.2) is 35.2 Å². The minimum absolute atomic E-state index is 0. The summed E-state index contributed by atoms with van der Waals surface area (Å²) in [4.78, 5) is 23.8. The van der Waals surface area contributed by atoms with Gasteiger partial charge in [-0.1, -0.05) is 24.3 Å². The molecule has 1 aromatic rings. The molecule has 1 aliphatic heterocycles. The first-order valence-corrected chi connectivity index (χ1v) is 9.52. The van der Waals surface area contributed by atoms with Crippen molar-refractivity contribution in [3.63, 3.8) is 0 Å². The fraction of sp³-hybridized carbons (Fsp3) is 0.412. The molecule has 25 heavy (non-hydrogen) atoms. The molecule has 128 valence electrons. The number of hydrogen-bond donors (Lipinski definition) is 1. The Labute approximate surface area is 168 Å². The first-order chi connectivity index (χ1) is 11.4. The molecule has 3 rings (SSSR count). The zero-order valence-electron chi connectivity index (χ0n) is 14.0. The summed E-state index contributed by atoms with van der Waals surface area (Å²) in [6, 6.07) is 5.04. The minimum Gasteiger partial charge on any atom is -0.550 e. The minimum atomic E-state index is -3.15. The summed E-state index contributed by atoms with van der Waals surface area (Å²) in [5.74, 6) is -2.83. The second-order valence-corrected chi connectivity index (χ2v) is 8.28. The van der Waals surface area contributed by atoms with Crippen molar-refractivity contribution < 1.29 is 52.7 Å². The third kappa shape index (κ3) is 4.34. The van der Waals surface area contributed by atoms with Crippen LogP contribution in [-0.4, -0.2) is 26.0 Å². The smallest absolute Gasteiger partial charge is 0.550 e. The molecule has 0 fully saturated rings. The third-order valence-electron chi connectivity index (χ3n) is 4.64. The summed E-state index contributed by atoms with van der Waals surface area (Å²) < 4.78 is 23.6. The van der Waals surface area contributed by atoms with E-state index in [1.54, 1.807) is 24.3 Å². The first kappa shape index (κ1) is 20.2. The molecule has 0 saturated heterocycles. The summed E-state index contributed by atoms with van der Waals surface area (Å²) in [6.07, 6.45) is 4.73. The number of amides is 1. The van der Waals surface area contributed by atoms with Crippen molar-refractivity contribution in [2.75, 3.05) is 5.75 Å². The summed E-state index contributed by atoms with van der Waals surface area (Å²) in [5, 5.41) is 13.9. The van der Waals surface area contributed by atoms with Crippen molar-refractivity contribution in [1.82, 2.24) is 5.32 Å². The van der Waals surface area contributed by atoms with Gasteiger partial charge in [-0.25, -0.2) is 8.42 Å². The number of fused-ring (bicyclic) bond motifs is 1. The predicted octanol–water partition coefficient (Wildman–Crippen LogP) is -3.03. The Morgan fingerprint density at radius 1 is 1.16 bits per heavy atom. The number of nitrogens with one attached hydrogen (secondary N) is 1. The van der Waals surface area contributed by atoms with Gasteiger partial charge in [0.25, 0.3) is 0 Å². The number of benzene rings is 1. The fourth-order valence-electron chi connectivity index (χ4n) is 3.28. The molecule has 1 N–H and O–H groups in total. The van der Waals surface area contributed by atoms with Crippen molar-refractivity contribution in [1.29, 1.82) is 0 Å². The molecule has 0 saturated carbocycles. The fourth-order valence-corrected chi connectivity index (χ4v) is 4.82. The SMILES string of the molecule is O=C(NCc1ccc2c(c1)CCS2(=O)=O)[C@H]1CC=CC[C@H]1C(=O)[O-].[Na+]. The molecule has 2 aliphatic rings. The number of aliphatic carboxylic acids is 1. The van der Waals surface area contributed by atoms with E-state index in [2.05, 4.69) is 5.32 Å². The number of allylic oxidation sites excluding steroid dienone is 2. The van der Waals surface area contributed by atoms with Crippen LogP contribution in [0.3, 0.4) is 0 Å². The van der Waals surface area contributed by atoms with Crippen molar-refractivity contribution >= 4 is 21.7 Å². The van der Waals surface area contributed by atoms with Crippen molar-refractivity contribution in [2.24, 2.45) is 11.8 Å². The zero-order chi connectivity index (χ0) is 17.3. The van der Waals surface area contributed by atoms with E-state index in [0.29, 0.717) is 24.2 Å². The van der Waals surface area contributed by atoms with Crippen molar-refractivity contribution in [3.05, 3.63) is 41.5 Å². The van der Waals surface area contributed by atoms with E-state index in [-0.39, 0.29) is 47.8 Å². The number of carbonyl (C=O) groups excluding carboxylic acids is 2. The second-order valence-electron chi connectivity index (χ2n) is 6.20. The van der Waals surface area contributed by atoms with Crippen LogP contribution in [0.5, 0.6) is 0 Å². The van der Waals surface area contributed by atoms with Gasteiger partial charge in [0, 0.05) is 24.3 Å². The Bertz CT molecular complexity index is 818. The number of carboxylic acid groups (broad SMARTS) is 1. The normalized spacial score (nSPS) is 23.4. The van der Waals surface area contributed by atoms with Gasteiger partial charge in [-0.3, -0.25) is 4.79 Å². The molecule has 6 nitrogen and oxygen atoms in total. The topological polar surface area (TPSA) is 103 Å². The summed E-state index contributed by atoms with van der Waals surface area (Å²) in [6.45, 7) is 0.242. The van der Waals surface area contributed by atoms with E-state index in [9.17, 15) is 23.1 Å². The standard InChI is InChI=1S/C17H19NO5S.Na/c19-16(13-3-1-2-4-14(13)17(20)21)18-10-11-5-6-15-12(9-11)7-8-24(15,22)23;/h1-2,5-6,9,13-14H,3-4,7-8,10H2,(H,18,19)(H,20,21);/q;+1/p-1/t13-,14+;/m0./s1. The summed E-state index contributed by atoms with van der Waals surface area (Å²) in [5.41, 5.74) is 1.57. The summed E-state index contributed by atoms with van der Waals surface area (Å²) in [7, 11) is -3.15. The van der Waals surface area contributed by atoms with Crippen LogP contribution >= 0.6 is 0 Å². The maximum absolute atomic E-state index is 12.3. The molecular formula is C17H18NNaO5S. The number of hydrogen-bond acceptors (Lipinski definition) is 5. The predicted molar refractivity (Wildman–Crippen MR) is 84.4 cm³/mol. The average Bonchev–Trinajstić information content (AvgIpc) is 2.87. The second kappa shape index (κ2) is 8.03. The van der Waals surface area contributed by atoms with Gasteiger partial charge >= 0.3 is 29.6 Å². The number of carbonyl (C=O) groups is 2. The molecule has 1 amide bonds. The Balaban J connectivity index is 0.00000225. The van der Waals surface area contributed by atoms with E-state index in [1.807, 2.05) is 6.08 Å². The Morgan fingerprint density at radius 2 is 1.84 bits per heavy atom. The first-order valence-electron chi connectivity index (χ1n) is 7.86. The van der Waals surface area contributed by atoms with Gasteiger partial charge in [-0.2, -0.15) is 0 Å². The number of sulfone groups is 1. The van der Waals surface area contributed by atoms with Crippen LogP contribution in [0, 0.1) is 11.8 Å². The van der Waals surface area contributed by atoms with Crippen molar-refractivity contribution in [2.45, 2.75) is 30.7 Å². The molecular weight excluding hydrogens is 353 g/mol. The molecule has 0 radical (unpaired) electrons. The molecule has 0 bridgehead atoms. The number of aryl methyl sites for hydroxylation is 1.